The number of ether oxygens (including phenoxy) is 1. The van der Waals surface area contributed by atoms with E-state index in [1.165, 1.54) is 0 Å². The molecule has 1 heterocycles. The predicted molar refractivity (Wildman–Crippen MR) is 92.4 cm³/mol. The molecule has 0 atom stereocenters. The summed E-state index contributed by atoms with van der Waals surface area (Å²) in [7, 11) is 1.64. The number of hydrogen-bond donors (Lipinski definition) is 1. The van der Waals surface area contributed by atoms with Crippen LogP contribution in [0.5, 0.6) is 5.75 Å². The maximum absolute atomic E-state index is 10.5. The highest BCUT2D eigenvalue weighted by molar-refractivity contribution is 5.73. The second-order valence-electron chi connectivity index (χ2n) is 5.17. The number of rotatable bonds is 6. The molecule has 1 N–H and O–H groups in total. The van der Waals surface area contributed by atoms with Gasteiger partial charge in [0.1, 0.15) is 11.6 Å². The van der Waals surface area contributed by atoms with Crippen LogP contribution in [0.25, 0.3) is 17.1 Å². The molecular weight excluding hydrogens is 304 g/mol. The van der Waals surface area contributed by atoms with E-state index in [2.05, 4.69) is 15.5 Å². The molecule has 1 aromatic heterocycles. The molecule has 0 bridgehead atoms. The molecule has 0 aliphatic heterocycles. The molecule has 0 aliphatic rings. The molecule has 1 amide bonds. The average molecular weight is 322 g/mol. The standard InChI is InChI=1S/C18H18N4O2/c1-3-17-20-21-18(13-4-6-14(7-5-13)19-12-23)22(17)15-8-10-16(24-2)11-9-15/h4-12H,3H2,1-2H3,(H,19,23). The fourth-order valence-electron chi connectivity index (χ4n) is 2.52. The average Bonchev–Trinajstić information content (AvgIpc) is 3.07. The van der Waals surface area contributed by atoms with Crippen LogP contribution < -0.4 is 10.1 Å². The van der Waals surface area contributed by atoms with Crippen molar-refractivity contribution in [1.29, 1.82) is 0 Å². The summed E-state index contributed by atoms with van der Waals surface area (Å²) < 4.78 is 7.25. The molecule has 0 unspecified atom stereocenters. The Morgan fingerprint density at radius 3 is 2.38 bits per heavy atom. The van der Waals surface area contributed by atoms with Gasteiger partial charge in [0.25, 0.3) is 0 Å². The number of aryl methyl sites for hydroxylation is 1. The van der Waals surface area contributed by atoms with Gasteiger partial charge in [0.15, 0.2) is 5.82 Å². The van der Waals surface area contributed by atoms with Crippen LogP contribution in [0.2, 0.25) is 0 Å². The van der Waals surface area contributed by atoms with Gasteiger partial charge in [-0.25, -0.2) is 0 Å². The van der Waals surface area contributed by atoms with Gasteiger partial charge in [0, 0.05) is 23.4 Å². The quantitative estimate of drug-likeness (QED) is 0.708. The van der Waals surface area contributed by atoms with Crippen molar-refractivity contribution >= 4 is 12.1 Å². The van der Waals surface area contributed by atoms with Crippen LogP contribution >= 0.6 is 0 Å². The lowest BCUT2D eigenvalue weighted by molar-refractivity contribution is -0.105. The number of nitrogens with zero attached hydrogens (tertiary/aromatic N) is 3. The van der Waals surface area contributed by atoms with Crippen LogP contribution in [-0.4, -0.2) is 28.3 Å². The first kappa shape index (κ1) is 15.7. The molecule has 3 aromatic rings. The van der Waals surface area contributed by atoms with Gasteiger partial charge >= 0.3 is 0 Å². The largest absolute Gasteiger partial charge is 0.497 e. The van der Waals surface area contributed by atoms with Crippen LogP contribution in [0.3, 0.4) is 0 Å². The van der Waals surface area contributed by atoms with E-state index < -0.39 is 0 Å². The van der Waals surface area contributed by atoms with Crippen molar-refractivity contribution in [3.8, 4) is 22.8 Å². The van der Waals surface area contributed by atoms with E-state index in [-0.39, 0.29) is 0 Å². The number of benzene rings is 2. The van der Waals surface area contributed by atoms with Crippen molar-refractivity contribution in [3.05, 3.63) is 54.4 Å². The summed E-state index contributed by atoms with van der Waals surface area (Å²) in [5, 5.41) is 11.3. The number of nitrogens with one attached hydrogen (secondary N) is 1. The van der Waals surface area contributed by atoms with E-state index >= 15 is 0 Å². The molecule has 24 heavy (non-hydrogen) atoms. The number of carbonyl (C=O) groups is 1. The van der Waals surface area contributed by atoms with E-state index in [0.29, 0.717) is 6.41 Å². The van der Waals surface area contributed by atoms with Crippen molar-refractivity contribution in [2.45, 2.75) is 13.3 Å². The van der Waals surface area contributed by atoms with Crippen LogP contribution in [-0.2, 0) is 11.2 Å². The Labute approximate surface area is 140 Å². The lowest BCUT2D eigenvalue weighted by Crippen LogP contribution is -2.02. The fraction of sp³-hybridized carbons (Fsp3) is 0.167. The van der Waals surface area contributed by atoms with Crippen molar-refractivity contribution in [2.24, 2.45) is 0 Å². The Bertz CT molecular complexity index is 823. The van der Waals surface area contributed by atoms with Gasteiger partial charge < -0.3 is 10.1 Å². The highest BCUT2D eigenvalue weighted by Gasteiger charge is 2.14. The van der Waals surface area contributed by atoms with Gasteiger partial charge in [-0.1, -0.05) is 6.92 Å². The van der Waals surface area contributed by atoms with Crippen molar-refractivity contribution in [2.75, 3.05) is 12.4 Å². The summed E-state index contributed by atoms with van der Waals surface area (Å²) in [6, 6.07) is 15.3. The van der Waals surface area contributed by atoms with E-state index in [1.807, 2.05) is 60.0 Å². The van der Waals surface area contributed by atoms with Crippen molar-refractivity contribution < 1.29 is 9.53 Å². The van der Waals surface area contributed by atoms with Crippen LogP contribution in [0.15, 0.2) is 48.5 Å². The molecule has 0 radical (unpaired) electrons. The number of carbonyl (C=O) groups excluding carboxylic acids is 1. The van der Waals surface area contributed by atoms with Crippen LogP contribution in [0.4, 0.5) is 5.69 Å². The van der Waals surface area contributed by atoms with Gasteiger partial charge in [-0.2, -0.15) is 0 Å². The minimum atomic E-state index is 0.657. The molecular formula is C18H18N4O2. The van der Waals surface area contributed by atoms with Crippen LogP contribution in [0.1, 0.15) is 12.7 Å². The highest BCUT2D eigenvalue weighted by atomic mass is 16.5. The van der Waals surface area contributed by atoms with Gasteiger partial charge in [0.2, 0.25) is 6.41 Å². The van der Waals surface area contributed by atoms with E-state index in [0.717, 1.165) is 40.8 Å². The molecule has 6 nitrogen and oxygen atoms in total. The smallest absolute Gasteiger partial charge is 0.211 e. The Morgan fingerprint density at radius 2 is 1.79 bits per heavy atom. The summed E-state index contributed by atoms with van der Waals surface area (Å²) in [5.41, 5.74) is 2.64. The molecule has 0 fully saturated rings. The lowest BCUT2D eigenvalue weighted by Gasteiger charge is -2.11. The third-order valence-corrected chi connectivity index (χ3v) is 3.75. The minimum Gasteiger partial charge on any atom is -0.497 e. The third-order valence-electron chi connectivity index (χ3n) is 3.75. The normalized spacial score (nSPS) is 10.4. The summed E-state index contributed by atoms with van der Waals surface area (Å²) in [4.78, 5) is 10.5. The third kappa shape index (κ3) is 2.99. The number of amides is 1. The number of hydrogen-bond acceptors (Lipinski definition) is 4. The van der Waals surface area contributed by atoms with Gasteiger partial charge in [-0.05, 0) is 48.5 Å². The highest BCUT2D eigenvalue weighted by Crippen LogP contribution is 2.25. The second kappa shape index (κ2) is 6.95. The van der Waals surface area contributed by atoms with E-state index in [9.17, 15) is 4.79 Å². The number of aromatic nitrogens is 3. The van der Waals surface area contributed by atoms with Gasteiger partial charge in [0.05, 0.1) is 7.11 Å². The van der Waals surface area contributed by atoms with Gasteiger partial charge in [-0.3, -0.25) is 9.36 Å². The molecule has 0 spiro atoms. The maximum atomic E-state index is 10.5. The summed E-state index contributed by atoms with van der Waals surface area (Å²) in [5.74, 6) is 2.44. The first-order valence-electron chi connectivity index (χ1n) is 7.66. The van der Waals surface area contributed by atoms with E-state index in [4.69, 9.17) is 4.74 Å². The minimum absolute atomic E-state index is 0.657. The zero-order valence-electron chi connectivity index (χ0n) is 13.6. The zero-order chi connectivity index (χ0) is 16.9. The fourth-order valence-corrected chi connectivity index (χ4v) is 2.52. The number of methoxy groups -OCH3 is 1. The SMILES string of the molecule is CCc1nnc(-c2ccc(NC=O)cc2)n1-c1ccc(OC)cc1. The Kier molecular flexibility index (Phi) is 4.56. The molecule has 6 heteroatoms. The lowest BCUT2D eigenvalue weighted by atomic mass is 10.2. The zero-order valence-corrected chi connectivity index (χ0v) is 13.6. The molecule has 2 aromatic carbocycles. The monoisotopic (exact) mass is 322 g/mol. The van der Waals surface area contributed by atoms with E-state index in [1.54, 1.807) is 7.11 Å². The maximum Gasteiger partial charge on any atom is 0.211 e. The Hall–Kier alpha value is -3.15. The van der Waals surface area contributed by atoms with Gasteiger partial charge in [-0.15, -0.1) is 10.2 Å². The Balaban J connectivity index is 2.05. The first-order valence-corrected chi connectivity index (χ1v) is 7.66. The first-order chi connectivity index (χ1) is 11.8. The summed E-state index contributed by atoms with van der Waals surface area (Å²) in [6.07, 6.45) is 1.42. The molecule has 0 aliphatic carbocycles. The summed E-state index contributed by atoms with van der Waals surface area (Å²) >= 11 is 0. The summed E-state index contributed by atoms with van der Waals surface area (Å²) in [6.45, 7) is 2.05. The molecule has 0 saturated carbocycles. The van der Waals surface area contributed by atoms with Crippen molar-refractivity contribution in [3.63, 3.8) is 0 Å². The topological polar surface area (TPSA) is 69.0 Å². The van der Waals surface area contributed by atoms with Crippen molar-refractivity contribution in [1.82, 2.24) is 14.8 Å². The Morgan fingerprint density at radius 1 is 1.08 bits per heavy atom. The molecule has 3 rings (SSSR count). The molecule has 122 valence electrons. The van der Waals surface area contributed by atoms with Crippen LogP contribution in [0, 0.1) is 0 Å². The number of anilines is 1. The second-order valence-corrected chi connectivity index (χ2v) is 5.17. The predicted octanol–water partition coefficient (Wildman–Crippen LogP) is 3.07. The molecule has 0 saturated heterocycles.